The fourth-order valence-electron chi connectivity index (χ4n) is 3.29. The Bertz CT molecular complexity index is 860. The van der Waals surface area contributed by atoms with Crippen molar-refractivity contribution >= 4 is 17.5 Å². The van der Waals surface area contributed by atoms with E-state index >= 15 is 0 Å². The second-order valence-corrected chi connectivity index (χ2v) is 6.30. The molecule has 0 unspecified atom stereocenters. The van der Waals surface area contributed by atoms with Gasteiger partial charge in [-0.2, -0.15) is 0 Å². The van der Waals surface area contributed by atoms with E-state index in [4.69, 9.17) is 0 Å². The summed E-state index contributed by atoms with van der Waals surface area (Å²) in [5.41, 5.74) is 7.77. The summed E-state index contributed by atoms with van der Waals surface area (Å²) in [7, 11) is 2.14. The van der Waals surface area contributed by atoms with Gasteiger partial charge in [-0.1, -0.05) is 60.7 Å². The minimum atomic E-state index is 1.14. The SMILES string of the molecule is CN(c1ccc(-c2ccccc2)cc1)c1ccc2c(c1)CCC=C2. The summed E-state index contributed by atoms with van der Waals surface area (Å²) in [6.07, 6.45) is 6.78. The molecule has 0 radical (unpaired) electrons. The van der Waals surface area contributed by atoms with Crippen LogP contribution in [-0.4, -0.2) is 7.05 Å². The van der Waals surface area contributed by atoms with Crippen LogP contribution >= 0.6 is 0 Å². The monoisotopic (exact) mass is 311 g/mol. The number of allylic oxidation sites excluding steroid dienone is 1. The predicted molar refractivity (Wildman–Crippen MR) is 104 cm³/mol. The minimum absolute atomic E-state index is 1.14. The number of hydrogen-bond acceptors (Lipinski definition) is 1. The van der Waals surface area contributed by atoms with E-state index in [1.54, 1.807) is 0 Å². The Hall–Kier alpha value is -2.80. The summed E-state index contributed by atoms with van der Waals surface area (Å²) in [4.78, 5) is 2.26. The van der Waals surface area contributed by atoms with Gasteiger partial charge in [0, 0.05) is 18.4 Å². The molecule has 4 rings (SSSR count). The molecule has 118 valence electrons. The topological polar surface area (TPSA) is 3.24 Å². The lowest BCUT2D eigenvalue weighted by molar-refractivity contribution is 0.983. The number of anilines is 2. The zero-order valence-corrected chi connectivity index (χ0v) is 13.9. The minimum Gasteiger partial charge on any atom is -0.345 e. The molecule has 0 heterocycles. The smallest absolute Gasteiger partial charge is 0.0411 e. The van der Waals surface area contributed by atoms with Gasteiger partial charge < -0.3 is 4.90 Å². The third-order valence-electron chi connectivity index (χ3n) is 4.75. The van der Waals surface area contributed by atoms with Gasteiger partial charge in [0.25, 0.3) is 0 Å². The van der Waals surface area contributed by atoms with Crippen LogP contribution in [0.2, 0.25) is 0 Å². The molecule has 0 amide bonds. The first-order valence-corrected chi connectivity index (χ1v) is 8.50. The Balaban J connectivity index is 1.60. The van der Waals surface area contributed by atoms with E-state index < -0.39 is 0 Å². The highest BCUT2D eigenvalue weighted by atomic mass is 15.1. The maximum atomic E-state index is 2.32. The molecule has 0 saturated heterocycles. The summed E-state index contributed by atoms with van der Waals surface area (Å²) < 4.78 is 0. The van der Waals surface area contributed by atoms with E-state index in [-0.39, 0.29) is 0 Å². The quantitative estimate of drug-likeness (QED) is 0.566. The summed E-state index contributed by atoms with van der Waals surface area (Å²) in [5.74, 6) is 0. The molecule has 1 nitrogen and oxygen atoms in total. The molecule has 1 heteroatoms. The van der Waals surface area contributed by atoms with Crippen LogP contribution in [0.1, 0.15) is 17.5 Å². The van der Waals surface area contributed by atoms with Crippen molar-refractivity contribution in [3.05, 3.63) is 90.0 Å². The average molecular weight is 311 g/mol. The predicted octanol–water partition coefficient (Wildman–Crippen LogP) is 6.08. The van der Waals surface area contributed by atoms with Crippen LogP contribution in [0, 0.1) is 0 Å². The number of hydrogen-bond donors (Lipinski definition) is 0. The number of benzene rings is 3. The zero-order chi connectivity index (χ0) is 16.4. The van der Waals surface area contributed by atoms with Crippen LogP contribution in [0.15, 0.2) is 78.9 Å². The van der Waals surface area contributed by atoms with Crippen molar-refractivity contribution in [3.63, 3.8) is 0 Å². The number of fused-ring (bicyclic) bond motifs is 1. The molecule has 0 saturated carbocycles. The van der Waals surface area contributed by atoms with Crippen LogP contribution < -0.4 is 4.90 Å². The van der Waals surface area contributed by atoms with E-state index in [9.17, 15) is 0 Å². The Morgan fingerprint density at radius 3 is 2.25 bits per heavy atom. The molecule has 0 fully saturated rings. The van der Waals surface area contributed by atoms with Gasteiger partial charge in [-0.3, -0.25) is 0 Å². The fraction of sp³-hybridized carbons (Fsp3) is 0.130. The molecule has 0 aromatic heterocycles. The van der Waals surface area contributed by atoms with Crippen molar-refractivity contribution in [1.82, 2.24) is 0 Å². The van der Waals surface area contributed by atoms with Gasteiger partial charge in [-0.25, -0.2) is 0 Å². The van der Waals surface area contributed by atoms with Crippen molar-refractivity contribution in [2.75, 3.05) is 11.9 Å². The molecule has 0 aliphatic heterocycles. The Labute approximate surface area is 143 Å². The Morgan fingerprint density at radius 1 is 0.750 bits per heavy atom. The van der Waals surface area contributed by atoms with Crippen LogP contribution in [-0.2, 0) is 6.42 Å². The lowest BCUT2D eigenvalue weighted by atomic mass is 9.96. The third kappa shape index (κ3) is 2.85. The van der Waals surface area contributed by atoms with E-state index in [1.807, 2.05) is 0 Å². The fourth-order valence-corrected chi connectivity index (χ4v) is 3.29. The molecule has 0 N–H and O–H groups in total. The summed E-state index contributed by atoms with van der Waals surface area (Å²) in [5, 5.41) is 0. The van der Waals surface area contributed by atoms with E-state index in [1.165, 1.54) is 33.6 Å². The van der Waals surface area contributed by atoms with Gasteiger partial charge in [0.2, 0.25) is 0 Å². The van der Waals surface area contributed by atoms with Gasteiger partial charge in [0.1, 0.15) is 0 Å². The lowest BCUT2D eigenvalue weighted by Gasteiger charge is -2.22. The second-order valence-electron chi connectivity index (χ2n) is 6.30. The summed E-state index contributed by atoms with van der Waals surface area (Å²) in [6.45, 7) is 0. The standard InChI is InChI=1S/C23H21N/c1-24(23-16-13-19-9-5-6-10-21(19)17-23)22-14-11-20(12-15-22)18-7-3-2-4-8-18/h2-5,7-9,11-17H,6,10H2,1H3. The van der Waals surface area contributed by atoms with Gasteiger partial charge in [0.05, 0.1) is 0 Å². The molecule has 0 bridgehead atoms. The van der Waals surface area contributed by atoms with Crippen molar-refractivity contribution in [2.45, 2.75) is 12.8 Å². The first-order chi connectivity index (χ1) is 11.8. The second kappa shape index (κ2) is 6.37. The first-order valence-electron chi connectivity index (χ1n) is 8.50. The number of rotatable bonds is 3. The van der Waals surface area contributed by atoms with E-state index in [0.29, 0.717) is 0 Å². The summed E-state index contributed by atoms with van der Waals surface area (Å²) >= 11 is 0. The summed E-state index contributed by atoms with van der Waals surface area (Å²) in [6, 6.07) is 26.1. The first kappa shape index (κ1) is 14.8. The molecule has 0 spiro atoms. The van der Waals surface area contributed by atoms with Crippen molar-refractivity contribution in [1.29, 1.82) is 0 Å². The molecule has 3 aromatic rings. The Kier molecular flexibility index (Phi) is 3.92. The largest absolute Gasteiger partial charge is 0.345 e. The molecular formula is C23H21N. The highest BCUT2D eigenvalue weighted by Crippen LogP contribution is 2.30. The van der Waals surface area contributed by atoms with E-state index in [2.05, 4.69) is 96.9 Å². The molecule has 1 aliphatic rings. The number of aryl methyl sites for hydroxylation is 1. The third-order valence-corrected chi connectivity index (χ3v) is 4.75. The molecule has 0 atom stereocenters. The Morgan fingerprint density at radius 2 is 1.46 bits per heavy atom. The highest BCUT2D eigenvalue weighted by molar-refractivity contribution is 5.71. The zero-order valence-electron chi connectivity index (χ0n) is 13.9. The maximum absolute atomic E-state index is 2.32. The molecule has 24 heavy (non-hydrogen) atoms. The average Bonchev–Trinajstić information content (AvgIpc) is 2.68. The van der Waals surface area contributed by atoms with Crippen LogP contribution in [0.3, 0.4) is 0 Å². The van der Waals surface area contributed by atoms with Crippen molar-refractivity contribution in [3.8, 4) is 11.1 Å². The molecule has 3 aromatic carbocycles. The molecular weight excluding hydrogens is 290 g/mol. The van der Waals surface area contributed by atoms with Crippen LogP contribution in [0.25, 0.3) is 17.2 Å². The highest BCUT2D eigenvalue weighted by Gasteiger charge is 2.09. The van der Waals surface area contributed by atoms with Gasteiger partial charge in [-0.05, 0) is 59.4 Å². The molecule has 1 aliphatic carbocycles. The van der Waals surface area contributed by atoms with Crippen LogP contribution in [0.4, 0.5) is 11.4 Å². The van der Waals surface area contributed by atoms with Gasteiger partial charge in [0.15, 0.2) is 0 Å². The van der Waals surface area contributed by atoms with E-state index in [0.717, 1.165) is 12.8 Å². The number of nitrogens with zero attached hydrogens (tertiary/aromatic N) is 1. The lowest BCUT2D eigenvalue weighted by Crippen LogP contribution is -2.10. The van der Waals surface area contributed by atoms with Gasteiger partial charge in [-0.15, -0.1) is 0 Å². The normalized spacial score (nSPS) is 12.7. The van der Waals surface area contributed by atoms with Crippen molar-refractivity contribution in [2.24, 2.45) is 0 Å². The maximum Gasteiger partial charge on any atom is 0.0411 e. The van der Waals surface area contributed by atoms with Crippen LogP contribution in [0.5, 0.6) is 0 Å². The van der Waals surface area contributed by atoms with Gasteiger partial charge >= 0.3 is 0 Å². The van der Waals surface area contributed by atoms with Crippen molar-refractivity contribution < 1.29 is 0 Å².